The van der Waals surface area contributed by atoms with Gasteiger partial charge in [-0.25, -0.2) is 4.79 Å². The molecule has 2 aromatic rings. The van der Waals surface area contributed by atoms with Crippen molar-refractivity contribution in [2.75, 3.05) is 16.3 Å². The number of fused-ring (bicyclic) bond motifs is 1. The van der Waals surface area contributed by atoms with Gasteiger partial charge in [0, 0.05) is 31.1 Å². The van der Waals surface area contributed by atoms with Crippen molar-refractivity contribution in [3.05, 3.63) is 30.6 Å². The summed E-state index contributed by atoms with van der Waals surface area (Å²) >= 11 is 0. The Labute approximate surface area is 177 Å². The summed E-state index contributed by atoms with van der Waals surface area (Å²) in [5.74, 6) is -0.447. The predicted octanol–water partition coefficient (Wildman–Crippen LogP) is 4.84. The van der Waals surface area contributed by atoms with Crippen molar-refractivity contribution in [3.63, 3.8) is 0 Å². The number of carbonyl (C=O) groups is 2. The van der Waals surface area contributed by atoms with Crippen LogP contribution in [-0.2, 0) is 4.79 Å². The molecule has 0 unspecified atom stereocenters. The molecule has 10 heteroatoms. The lowest BCUT2D eigenvalue weighted by Gasteiger charge is -2.40. The highest BCUT2D eigenvalue weighted by Crippen LogP contribution is 2.40. The highest BCUT2D eigenvalue weighted by atomic mass is 19.4. The van der Waals surface area contributed by atoms with Crippen LogP contribution in [0.4, 0.5) is 29.3 Å². The molecule has 7 nitrogen and oxygen atoms in total. The number of hydrogen-bond donors (Lipinski definition) is 1. The molecule has 1 N–H and O–H groups in total. The summed E-state index contributed by atoms with van der Waals surface area (Å²) in [5.41, 5.74) is 2.32. The van der Waals surface area contributed by atoms with Crippen LogP contribution in [-0.4, -0.2) is 45.7 Å². The number of carbonyl (C=O) groups excluding carboxylic acids is 1. The first-order chi connectivity index (χ1) is 14.6. The van der Waals surface area contributed by atoms with E-state index in [2.05, 4.69) is 5.10 Å². The lowest BCUT2D eigenvalue weighted by atomic mass is 10.0. The molecule has 1 aromatic carbocycles. The first kappa shape index (κ1) is 21.2. The standard InChI is InChI=1S/C21H23F3N4O3/c1-13-11-26(20(30)31)18-9-14(15-10-25-27(12-15)16-5-6-16)4-7-17(18)28(13)19(29)3-2-8-21(22,23)24/h4,7,9-10,12-13,16H,2-3,5-6,8,11H2,1H3,(H,30,31)/t13-/m0/s1. The molecule has 2 aliphatic rings. The minimum absolute atomic E-state index is 0.0398. The average molecular weight is 436 g/mol. The van der Waals surface area contributed by atoms with Crippen molar-refractivity contribution >= 4 is 23.4 Å². The summed E-state index contributed by atoms with van der Waals surface area (Å²) < 4.78 is 39.3. The second kappa shape index (κ2) is 7.90. The fraction of sp³-hybridized carbons (Fsp3) is 0.476. The monoisotopic (exact) mass is 436 g/mol. The Morgan fingerprint density at radius 3 is 2.58 bits per heavy atom. The van der Waals surface area contributed by atoms with Crippen LogP contribution in [0, 0.1) is 0 Å². The van der Waals surface area contributed by atoms with Gasteiger partial charge in [-0.3, -0.25) is 14.4 Å². The van der Waals surface area contributed by atoms with Crippen LogP contribution in [0.1, 0.15) is 45.1 Å². The zero-order valence-corrected chi connectivity index (χ0v) is 17.0. The summed E-state index contributed by atoms with van der Waals surface area (Å²) in [7, 11) is 0. The molecule has 4 rings (SSSR count). The Morgan fingerprint density at radius 1 is 1.19 bits per heavy atom. The number of amides is 2. The fourth-order valence-corrected chi connectivity index (χ4v) is 3.95. The Balaban J connectivity index is 1.63. The molecule has 0 bridgehead atoms. The lowest BCUT2D eigenvalue weighted by molar-refractivity contribution is -0.137. The molecule has 166 valence electrons. The van der Waals surface area contributed by atoms with Gasteiger partial charge in [0.25, 0.3) is 0 Å². The van der Waals surface area contributed by atoms with E-state index in [1.165, 1.54) is 9.80 Å². The van der Waals surface area contributed by atoms with E-state index in [9.17, 15) is 27.9 Å². The molecular weight excluding hydrogens is 413 g/mol. The van der Waals surface area contributed by atoms with E-state index in [0.717, 1.165) is 24.0 Å². The van der Waals surface area contributed by atoms with Crippen LogP contribution in [0.15, 0.2) is 30.6 Å². The van der Waals surface area contributed by atoms with E-state index in [0.29, 0.717) is 17.4 Å². The van der Waals surface area contributed by atoms with Gasteiger partial charge in [-0.15, -0.1) is 0 Å². The molecule has 31 heavy (non-hydrogen) atoms. The van der Waals surface area contributed by atoms with Gasteiger partial charge in [0.15, 0.2) is 0 Å². The maximum Gasteiger partial charge on any atom is 0.411 e. The van der Waals surface area contributed by atoms with Crippen molar-refractivity contribution in [2.45, 2.75) is 57.3 Å². The summed E-state index contributed by atoms with van der Waals surface area (Å²) in [5, 5.41) is 14.0. The Kier molecular flexibility index (Phi) is 5.40. The number of aromatic nitrogens is 2. The third kappa shape index (κ3) is 4.52. The highest BCUT2D eigenvalue weighted by Gasteiger charge is 2.35. The summed E-state index contributed by atoms with van der Waals surface area (Å²) in [6.45, 7) is 1.73. The van der Waals surface area contributed by atoms with Crippen LogP contribution in [0.25, 0.3) is 11.1 Å². The SMILES string of the molecule is C[C@H]1CN(C(=O)O)c2cc(-c3cnn(C4CC4)c3)ccc2N1C(=O)CCCC(F)(F)F. The van der Waals surface area contributed by atoms with E-state index in [1.807, 2.05) is 10.9 Å². The lowest BCUT2D eigenvalue weighted by Crippen LogP contribution is -2.51. The van der Waals surface area contributed by atoms with Crippen LogP contribution in [0.3, 0.4) is 0 Å². The van der Waals surface area contributed by atoms with Gasteiger partial charge in [-0.2, -0.15) is 18.3 Å². The fourth-order valence-electron chi connectivity index (χ4n) is 3.95. The minimum Gasteiger partial charge on any atom is -0.465 e. The number of anilines is 2. The number of carboxylic acid groups (broad SMARTS) is 1. The van der Waals surface area contributed by atoms with Gasteiger partial charge in [-0.1, -0.05) is 6.07 Å². The molecule has 0 radical (unpaired) electrons. The third-order valence-electron chi connectivity index (χ3n) is 5.62. The molecule has 2 amide bonds. The minimum atomic E-state index is -4.31. The number of alkyl halides is 3. The molecule has 2 heterocycles. The molecule has 1 aliphatic carbocycles. The molecule has 1 atom stereocenters. The van der Waals surface area contributed by atoms with Gasteiger partial charge in [0.05, 0.1) is 29.7 Å². The summed E-state index contributed by atoms with van der Waals surface area (Å²) in [6.07, 6.45) is -1.25. The molecule has 1 aromatic heterocycles. The van der Waals surface area contributed by atoms with Crippen molar-refractivity contribution in [3.8, 4) is 11.1 Å². The maximum atomic E-state index is 12.8. The Morgan fingerprint density at radius 2 is 1.94 bits per heavy atom. The van der Waals surface area contributed by atoms with E-state index in [4.69, 9.17) is 0 Å². The zero-order valence-electron chi connectivity index (χ0n) is 17.0. The zero-order chi connectivity index (χ0) is 22.3. The van der Waals surface area contributed by atoms with Crippen molar-refractivity contribution in [1.82, 2.24) is 9.78 Å². The van der Waals surface area contributed by atoms with Gasteiger partial charge in [-0.05, 0) is 43.9 Å². The van der Waals surface area contributed by atoms with Crippen molar-refractivity contribution in [1.29, 1.82) is 0 Å². The van der Waals surface area contributed by atoms with Crippen LogP contribution >= 0.6 is 0 Å². The second-order valence-electron chi connectivity index (χ2n) is 8.12. The van der Waals surface area contributed by atoms with Crippen molar-refractivity contribution < 1.29 is 27.9 Å². The van der Waals surface area contributed by atoms with Crippen LogP contribution in [0.5, 0.6) is 0 Å². The first-order valence-electron chi connectivity index (χ1n) is 10.2. The van der Waals surface area contributed by atoms with E-state index in [1.54, 1.807) is 31.3 Å². The number of halogens is 3. The largest absolute Gasteiger partial charge is 0.465 e. The normalized spacial score (nSPS) is 18.8. The Bertz CT molecular complexity index is 1000. The average Bonchev–Trinajstić information content (AvgIpc) is 3.42. The van der Waals surface area contributed by atoms with Gasteiger partial charge in [0.2, 0.25) is 5.91 Å². The number of benzene rings is 1. The van der Waals surface area contributed by atoms with Crippen LogP contribution in [0.2, 0.25) is 0 Å². The molecule has 0 spiro atoms. The molecule has 0 saturated heterocycles. The molecule has 1 aliphatic heterocycles. The number of rotatable bonds is 5. The second-order valence-corrected chi connectivity index (χ2v) is 8.12. The summed E-state index contributed by atoms with van der Waals surface area (Å²) in [6, 6.07) is 5.05. The molecule has 1 saturated carbocycles. The highest BCUT2D eigenvalue weighted by molar-refractivity contribution is 6.03. The maximum absolute atomic E-state index is 12.8. The molecular formula is C21H23F3N4O3. The number of nitrogens with zero attached hydrogens (tertiary/aromatic N) is 4. The quantitative estimate of drug-likeness (QED) is 0.728. The topological polar surface area (TPSA) is 78.7 Å². The number of hydrogen-bond acceptors (Lipinski definition) is 3. The smallest absolute Gasteiger partial charge is 0.411 e. The van der Waals surface area contributed by atoms with Gasteiger partial charge in [0.1, 0.15) is 0 Å². The van der Waals surface area contributed by atoms with Crippen molar-refractivity contribution in [2.24, 2.45) is 0 Å². The van der Waals surface area contributed by atoms with Gasteiger partial charge >= 0.3 is 12.3 Å². The van der Waals surface area contributed by atoms with E-state index < -0.39 is 30.6 Å². The predicted molar refractivity (Wildman–Crippen MR) is 108 cm³/mol. The van der Waals surface area contributed by atoms with Gasteiger partial charge < -0.3 is 10.0 Å². The van der Waals surface area contributed by atoms with E-state index in [-0.39, 0.29) is 19.4 Å². The summed E-state index contributed by atoms with van der Waals surface area (Å²) in [4.78, 5) is 27.2. The third-order valence-corrected chi connectivity index (χ3v) is 5.62. The van der Waals surface area contributed by atoms with Crippen LogP contribution < -0.4 is 9.80 Å². The first-order valence-corrected chi connectivity index (χ1v) is 10.2. The Hall–Kier alpha value is -3.04. The van der Waals surface area contributed by atoms with E-state index >= 15 is 0 Å². The molecule has 1 fully saturated rings.